The lowest BCUT2D eigenvalue weighted by Crippen LogP contribution is -1.95. The van der Waals surface area contributed by atoms with E-state index in [0.717, 1.165) is 22.4 Å². The number of Topliss-reactive ketones (excluding diaryl/α,β-unsaturated/α-hetero) is 1. The van der Waals surface area contributed by atoms with Gasteiger partial charge in [-0.05, 0) is 31.0 Å². The van der Waals surface area contributed by atoms with Gasteiger partial charge in [0, 0.05) is 17.9 Å². The Kier molecular flexibility index (Phi) is 2.06. The Morgan fingerprint density at radius 3 is 3.00 bits per heavy atom. The molecule has 1 aliphatic carbocycles. The highest BCUT2D eigenvalue weighted by molar-refractivity contribution is 5.98. The molecule has 0 radical (unpaired) electrons. The average molecular weight is 214 g/mol. The summed E-state index contributed by atoms with van der Waals surface area (Å²) in [5, 5.41) is 0. The Morgan fingerprint density at radius 1 is 1.50 bits per heavy atom. The maximum atomic E-state index is 11.6. The molecule has 0 spiro atoms. The van der Waals surface area contributed by atoms with Crippen molar-refractivity contribution in [1.29, 1.82) is 0 Å². The predicted molar refractivity (Wildman–Crippen MR) is 62.7 cm³/mol. The third-order valence-corrected chi connectivity index (χ3v) is 3.11. The van der Waals surface area contributed by atoms with E-state index in [2.05, 4.69) is 9.97 Å². The molecule has 1 saturated carbocycles. The van der Waals surface area contributed by atoms with Gasteiger partial charge in [0.05, 0.1) is 11.0 Å². The van der Waals surface area contributed by atoms with Crippen LogP contribution in [0.1, 0.15) is 48.3 Å². The van der Waals surface area contributed by atoms with E-state index in [1.54, 1.807) is 0 Å². The summed E-state index contributed by atoms with van der Waals surface area (Å²) in [7, 11) is 0. The standard InChI is InChI=1S/C13H14N2O/c1-2-12(16)9-5-6-10-11(7-9)15-13(14-10)8-3-4-8/h5-8H,2-4H2,1H3,(H,14,15). The fourth-order valence-corrected chi connectivity index (χ4v) is 1.96. The van der Waals surface area contributed by atoms with E-state index >= 15 is 0 Å². The van der Waals surface area contributed by atoms with Gasteiger partial charge in [0.25, 0.3) is 0 Å². The molecule has 82 valence electrons. The van der Waals surface area contributed by atoms with Crippen molar-refractivity contribution >= 4 is 16.8 Å². The van der Waals surface area contributed by atoms with Gasteiger partial charge in [-0.3, -0.25) is 4.79 Å². The number of hydrogen-bond donors (Lipinski definition) is 1. The van der Waals surface area contributed by atoms with Gasteiger partial charge in [0.2, 0.25) is 0 Å². The number of benzene rings is 1. The maximum absolute atomic E-state index is 11.6. The molecule has 0 aliphatic heterocycles. The summed E-state index contributed by atoms with van der Waals surface area (Å²) in [6.45, 7) is 1.88. The molecule has 0 atom stereocenters. The van der Waals surface area contributed by atoms with Crippen LogP contribution in [0.2, 0.25) is 0 Å². The molecular weight excluding hydrogens is 200 g/mol. The van der Waals surface area contributed by atoms with E-state index in [4.69, 9.17) is 0 Å². The number of ketones is 1. The molecule has 1 aromatic heterocycles. The molecule has 3 nitrogen and oxygen atoms in total. The first-order valence-corrected chi connectivity index (χ1v) is 5.81. The Morgan fingerprint density at radius 2 is 2.31 bits per heavy atom. The van der Waals surface area contributed by atoms with Gasteiger partial charge in [-0.25, -0.2) is 4.98 Å². The zero-order chi connectivity index (χ0) is 11.1. The third-order valence-electron chi connectivity index (χ3n) is 3.11. The largest absolute Gasteiger partial charge is 0.342 e. The first kappa shape index (κ1) is 9.58. The fourth-order valence-electron chi connectivity index (χ4n) is 1.96. The minimum Gasteiger partial charge on any atom is -0.342 e. The monoisotopic (exact) mass is 214 g/mol. The summed E-state index contributed by atoms with van der Waals surface area (Å²) in [5.41, 5.74) is 2.73. The van der Waals surface area contributed by atoms with E-state index in [9.17, 15) is 4.79 Å². The number of carbonyl (C=O) groups is 1. The van der Waals surface area contributed by atoms with Gasteiger partial charge in [-0.1, -0.05) is 6.92 Å². The molecule has 1 fully saturated rings. The first-order chi connectivity index (χ1) is 7.78. The molecule has 0 saturated heterocycles. The van der Waals surface area contributed by atoms with Crippen LogP contribution in [0.25, 0.3) is 11.0 Å². The summed E-state index contributed by atoms with van der Waals surface area (Å²) in [6, 6.07) is 5.71. The fraction of sp³-hybridized carbons (Fsp3) is 0.385. The quantitative estimate of drug-likeness (QED) is 0.798. The summed E-state index contributed by atoms with van der Waals surface area (Å²) in [6.07, 6.45) is 3.02. The Bertz CT molecular complexity index is 552. The van der Waals surface area contributed by atoms with Crippen molar-refractivity contribution < 1.29 is 4.79 Å². The number of imidazole rings is 1. The van der Waals surface area contributed by atoms with E-state index in [1.807, 2.05) is 25.1 Å². The molecule has 1 heterocycles. The molecular formula is C13H14N2O. The highest BCUT2D eigenvalue weighted by Gasteiger charge is 2.26. The molecule has 0 amide bonds. The lowest BCUT2D eigenvalue weighted by atomic mass is 10.1. The van der Waals surface area contributed by atoms with Crippen LogP contribution in [0.4, 0.5) is 0 Å². The summed E-state index contributed by atoms with van der Waals surface area (Å²) >= 11 is 0. The second-order valence-corrected chi connectivity index (χ2v) is 4.40. The number of rotatable bonds is 3. The molecule has 0 unspecified atom stereocenters. The van der Waals surface area contributed by atoms with Gasteiger partial charge in [-0.15, -0.1) is 0 Å². The Balaban J connectivity index is 2.06. The smallest absolute Gasteiger partial charge is 0.162 e. The van der Waals surface area contributed by atoms with Crippen LogP contribution in [-0.4, -0.2) is 15.8 Å². The van der Waals surface area contributed by atoms with Crippen LogP contribution in [0, 0.1) is 0 Å². The highest BCUT2D eigenvalue weighted by Crippen LogP contribution is 2.39. The molecule has 3 heteroatoms. The van der Waals surface area contributed by atoms with E-state index in [1.165, 1.54) is 12.8 Å². The van der Waals surface area contributed by atoms with Crippen LogP contribution in [0.15, 0.2) is 18.2 Å². The van der Waals surface area contributed by atoms with Gasteiger partial charge in [0.15, 0.2) is 5.78 Å². The number of carbonyl (C=O) groups excluding carboxylic acids is 1. The number of aromatic amines is 1. The lowest BCUT2D eigenvalue weighted by molar-refractivity contribution is 0.0988. The number of hydrogen-bond acceptors (Lipinski definition) is 2. The maximum Gasteiger partial charge on any atom is 0.162 e. The highest BCUT2D eigenvalue weighted by atomic mass is 16.1. The van der Waals surface area contributed by atoms with Gasteiger partial charge in [0.1, 0.15) is 5.82 Å². The van der Waals surface area contributed by atoms with Crippen LogP contribution >= 0.6 is 0 Å². The summed E-state index contributed by atoms with van der Waals surface area (Å²) in [5.74, 6) is 1.89. The van der Waals surface area contributed by atoms with Crippen molar-refractivity contribution in [2.45, 2.75) is 32.1 Å². The average Bonchev–Trinajstić information content (AvgIpc) is 3.07. The number of nitrogens with zero attached hydrogens (tertiary/aromatic N) is 1. The zero-order valence-electron chi connectivity index (χ0n) is 9.29. The molecule has 2 aromatic rings. The summed E-state index contributed by atoms with van der Waals surface area (Å²) in [4.78, 5) is 19.4. The van der Waals surface area contributed by atoms with Crippen molar-refractivity contribution in [3.05, 3.63) is 29.6 Å². The normalized spacial score (nSPS) is 15.6. The number of fused-ring (bicyclic) bond motifs is 1. The second-order valence-electron chi connectivity index (χ2n) is 4.40. The van der Waals surface area contributed by atoms with Crippen molar-refractivity contribution in [3.8, 4) is 0 Å². The van der Waals surface area contributed by atoms with Crippen LogP contribution in [0.3, 0.4) is 0 Å². The molecule has 1 aliphatic rings. The zero-order valence-corrected chi connectivity index (χ0v) is 9.29. The van der Waals surface area contributed by atoms with E-state index in [-0.39, 0.29) is 5.78 Å². The minimum absolute atomic E-state index is 0.185. The second kappa shape index (κ2) is 3.44. The number of H-pyrrole nitrogens is 1. The molecule has 1 N–H and O–H groups in total. The molecule has 3 rings (SSSR count). The minimum atomic E-state index is 0.185. The lowest BCUT2D eigenvalue weighted by Gasteiger charge is -1.96. The number of aromatic nitrogens is 2. The Labute approximate surface area is 93.9 Å². The van der Waals surface area contributed by atoms with Gasteiger partial charge in [-0.2, -0.15) is 0 Å². The van der Waals surface area contributed by atoms with Crippen LogP contribution in [-0.2, 0) is 0 Å². The van der Waals surface area contributed by atoms with Gasteiger partial charge >= 0.3 is 0 Å². The third kappa shape index (κ3) is 1.52. The van der Waals surface area contributed by atoms with Crippen LogP contribution in [0.5, 0.6) is 0 Å². The van der Waals surface area contributed by atoms with Crippen molar-refractivity contribution in [2.24, 2.45) is 0 Å². The van der Waals surface area contributed by atoms with Gasteiger partial charge < -0.3 is 4.98 Å². The van der Waals surface area contributed by atoms with Crippen molar-refractivity contribution in [3.63, 3.8) is 0 Å². The van der Waals surface area contributed by atoms with Crippen molar-refractivity contribution in [2.75, 3.05) is 0 Å². The topological polar surface area (TPSA) is 45.8 Å². The van der Waals surface area contributed by atoms with E-state index in [0.29, 0.717) is 12.3 Å². The molecule has 16 heavy (non-hydrogen) atoms. The van der Waals surface area contributed by atoms with Crippen molar-refractivity contribution in [1.82, 2.24) is 9.97 Å². The Hall–Kier alpha value is -1.64. The first-order valence-electron chi connectivity index (χ1n) is 5.81. The molecule has 0 bridgehead atoms. The van der Waals surface area contributed by atoms with Crippen LogP contribution < -0.4 is 0 Å². The summed E-state index contributed by atoms with van der Waals surface area (Å²) < 4.78 is 0. The number of nitrogens with one attached hydrogen (secondary N) is 1. The molecule has 1 aromatic carbocycles. The van der Waals surface area contributed by atoms with E-state index < -0.39 is 0 Å². The SMILES string of the molecule is CCC(=O)c1ccc2nc(C3CC3)[nH]c2c1. The predicted octanol–water partition coefficient (Wildman–Crippen LogP) is 3.03.